The fourth-order valence-electron chi connectivity index (χ4n) is 12.3. The minimum absolute atomic E-state index is 0.00879. The first-order valence-electron chi connectivity index (χ1n) is 40.5. The Kier molecular flexibility index (Phi) is 48.1. The van der Waals surface area contributed by atoms with E-state index < -0.39 is 226 Å². The van der Waals surface area contributed by atoms with E-state index >= 15 is 0 Å². The van der Waals surface area contributed by atoms with E-state index in [1.54, 1.807) is 77.1 Å². The van der Waals surface area contributed by atoms with Gasteiger partial charge in [-0.15, -0.1) is 13.0 Å². The second-order valence-electron chi connectivity index (χ2n) is 29.4. The van der Waals surface area contributed by atoms with Crippen LogP contribution in [0.5, 0.6) is 0 Å². The van der Waals surface area contributed by atoms with Gasteiger partial charge in [-0.3, -0.25) is 82.1 Å². The van der Waals surface area contributed by atoms with Gasteiger partial charge < -0.3 is 118 Å². The molecule has 682 valence electrons. The Hall–Kier alpha value is -12.9. The molecule has 16 amide bonds. The number of amides is 16. The lowest BCUT2D eigenvalue weighted by Crippen LogP contribution is -2.60. The molecule has 3 rings (SSSR count). The predicted octanol–water partition coefficient (Wildman–Crippen LogP) is -4.37. The molecule has 0 saturated heterocycles. The Bertz CT molecular complexity index is 4100. The summed E-state index contributed by atoms with van der Waals surface area (Å²) < 4.78 is 15.4. The lowest BCUT2D eigenvalue weighted by molar-refractivity contribution is -0.148. The van der Waals surface area contributed by atoms with Crippen molar-refractivity contribution in [3.05, 3.63) is 103 Å². The number of carbonyl (C=O) groups excluding carboxylic acids is 17. The molecule has 0 bridgehead atoms. The van der Waals surface area contributed by atoms with Crippen molar-refractivity contribution < 1.29 is 101 Å². The molecule has 9 atom stereocenters. The van der Waals surface area contributed by atoms with Gasteiger partial charge in [0.15, 0.2) is 5.96 Å². The van der Waals surface area contributed by atoms with Crippen LogP contribution in [0.25, 0.3) is 0 Å². The van der Waals surface area contributed by atoms with Gasteiger partial charge in [0.25, 0.3) is 0 Å². The van der Waals surface area contributed by atoms with Gasteiger partial charge >= 0.3 is 5.97 Å². The number of nitrogens with one attached hydrogen (secondary N) is 12. The van der Waals surface area contributed by atoms with Crippen molar-refractivity contribution >= 4 is 106 Å². The molecule has 1 heterocycles. The van der Waals surface area contributed by atoms with Gasteiger partial charge in [-0.1, -0.05) is 93.4 Å². The summed E-state index contributed by atoms with van der Waals surface area (Å²) in [6.45, 7) is 9.61. The molecule has 9 unspecified atom stereocenters. The third-order valence-electron chi connectivity index (χ3n) is 18.9. The molecule has 0 spiro atoms. The van der Waals surface area contributed by atoms with Crippen LogP contribution in [0, 0.1) is 23.7 Å². The molecule has 2 aromatic carbocycles. The van der Waals surface area contributed by atoms with Gasteiger partial charge in [-0.2, -0.15) is 0 Å². The van der Waals surface area contributed by atoms with Crippen molar-refractivity contribution in [1.29, 1.82) is 5.41 Å². The van der Waals surface area contributed by atoms with Crippen LogP contribution < -0.4 is 64.6 Å². The van der Waals surface area contributed by atoms with Gasteiger partial charge in [-0.25, -0.2) is 9.78 Å². The molecule has 0 aliphatic rings. The van der Waals surface area contributed by atoms with Gasteiger partial charge in [0.05, 0.1) is 77.2 Å². The summed E-state index contributed by atoms with van der Waals surface area (Å²) in [6, 6.07) is 4.95. The van der Waals surface area contributed by atoms with Crippen molar-refractivity contribution in [2.75, 3.05) is 126 Å². The zero-order valence-electron chi connectivity index (χ0n) is 72.1. The molecule has 42 heteroatoms. The maximum Gasteiger partial charge on any atom is 0.328 e. The average Bonchev–Trinajstić information content (AvgIpc) is 1.03. The van der Waals surface area contributed by atoms with E-state index in [0.29, 0.717) is 12.0 Å². The van der Waals surface area contributed by atoms with E-state index in [2.05, 4.69) is 75.6 Å². The number of aliphatic hydroxyl groups is 1. The Morgan fingerprint density at radius 2 is 1.09 bits per heavy atom. The highest BCUT2D eigenvalue weighted by molar-refractivity contribution is 5.99. The van der Waals surface area contributed by atoms with Crippen LogP contribution in [0.3, 0.4) is 0 Å². The molecule has 0 aliphatic carbocycles. The molecule has 124 heavy (non-hydrogen) atoms. The number of esters is 1. The number of hydrogen-bond donors (Lipinski definition) is 15. The Balaban J connectivity index is 1.82. The summed E-state index contributed by atoms with van der Waals surface area (Å²) in [5.74, 6) is -12.9. The van der Waals surface area contributed by atoms with Crippen LogP contribution in [0.1, 0.15) is 117 Å². The number of H-pyrrole nitrogens is 1. The van der Waals surface area contributed by atoms with Crippen molar-refractivity contribution in [2.24, 2.45) is 17.4 Å². The Morgan fingerprint density at radius 3 is 1.63 bits per heavy atom. The second-order valence-corrected chi connectivity index (χ2v) is 29.4. The number of guanidine groups is 1. The highest BCUT2D eigenvalue weighted by Gasteiger charge is 2.37. The Labute approximate surface area is 721 Å². The standard InChI is InChI=1S/C82H123N21O21/c1-13-32-98(69(109)46-99(33-14-2)71(111)48-102(36-38-123-12)73(113)49-103(56(10)105)55(9)58-26-21-18-22-27-58)45-70(110)100(34-15-3)47-72(112)101(35-37-122-11)44-68(108)92-65(50-104)80(120)91-53(7)74(114)93-61(29-30-66(83)106)77(117)95-62(39-52(5)6)78(118)94-60(28-23-31-87-82(84)85)76(116)97-64(41-59-42-86-51-89-59)79(119)96-63(40-57-24-19-17-20-25-57)75(115)88-43-67(107)90-54(8)81(121)124-16-4/h3,14,17-22,24-27,42,51-55,60-65,104H,2,13,16,23,28-41,43-50H2,1,4-12H3,(H2,83,106)(H,86,89)(H,88,115)(H,90,107)(H,91,120)(H,92,108)(H,93,114)(H,94,118)(H,95,117)(H,96,119)(H,97,116)(H4,84,85,87). The molecule has 0 radical (unpaired) electrons. The lowest BCUT2D eigenvalue weighted by atomic mass is 10.0. The first-order valence-corrected chi connectivity index (χ1v) is 40.5. The monoisotopic (exact) mass is 1740 g/mol. The maximum absolute atomic E-state index is 14.7. The number of terminal acetylenes is 1. The van der Waals surface area contributed by atoms with Crippen LogP contribution >= 0.6 is 0 Å². The molecule has 3 aromatic rings. The number of aromatic amines is 1. The van der Waals surface area contributed by atoms with Crippen molar-refractivity contribution in [1.82, 2.24) is 92.5 Å². The first kappa shape index (κ1) is 105. The lowest BCUT2D eigenvalue weighted by Gasteiger charge is -2.32. The fraction of sp³-hybridized carbons (Fsp3) is 0.549. The predicted molar refractivity (Wildman–Crippen MR) is 451 cm³/mol. The molecule has 42 nitrogen and oxygen atoms in total. The van der Waals surface area contributed by atoms with E-state index in [-0.39, 0.29) is 103 Å². The van der Waals surface area contributed by atoms with E-state index in [4.69, 9.17) is 37.5 Å². The van der Waals surface area contributed by atoms with Gasteiger partial charge in [0.1, 0.15) is 68.0 Å². The fourth-order valence-corrected chi connectivity index (χ4v) is 12.3. The van der Waals surface area contributed by atoms with Crippen LogP contribution in [-0.2, 0) is 109 Å². The molecular formula is C82H123N21O21. The van der Waals surface area contributed by atoms with Gasteiger partial charge in [0, 0.05) is 79.3 Å². The summed E-state index contributed by atoms with van der Waals surface area (Å²) in [5.41, 5.74) is 12.7. The summed E-state index contributed by atoms with van der Waals surface area (Å²) in [4.78, 5) is 248. The number of imidazole rings is 1. The smallest absolute Gasteiger partial charge is 0.328 e. The number of aromatic nitrogens is 2. The second kappa shape index (κ2) is 56.6. The third-order valence-corrected chi connectivity index (χ3v) is 18.9. The molecule has 0 saturated carbocycles. The number of ether oxygens (including phenoxy) is 3. The van der Waals surface area contributed by atoms with E-state index in [1.807, 2.05) is 18.2 Å². The van der Waals surface area contributed by atoms with Crippen LogP contribution in [0.4, 0.5) is 0 Å². The number of primary amides is 1. The normalized spacial score (nSPS) is 13.0. The maximum atomic E-state index is 14.7. The number of aliphatic hydroxyl groups excluding tert-OH is 1. The quantitative estimate of drug-likeness (QED) is 0.00634. The van der Waals surface area contributed by atoms with E-state index in [1.165, 1.54) is 63.4 Å². The largest absolute Gasteiger partial charge is 0.464 e. The summed E-state index contributed by atoms with van der Waals surface area (Å²) in [6.07, 6.45) is 8.49. The zero-order valence-corrected chi connectivity index (χ0v) is 72.1. The van der Waals surface area contributed by atoms with Crippen molar-refractivity contribution in [3.63, 3.8) is 0 Å². The Morgan fingerprint density at radius 1 is 0.581 bits per heavy atom. The highest BCUT2D eigenvalue weighted by atomic mass is 16.5. The number of benzene rings is 2. The van der Waals surface area contributed by atoms with E-state index in [0.717, 1.165) is 25.2 Å². The number of nitrogens with two attached hydrogens (primary N) is 2. The number of hydrogen-bond acceptors (Lipinski definition) is 23. The molecule has 0 fully saturated rings. The zero-order chi connectivity index (χ0) is 92.5. The minimum atomic E-state index is -1.81. The number of methoxy groups -OCH3 is 2. The first-order chi connectivity index (χ1) is 58.9. The number of rotatable bonds is 58. The molecule has 0 aliphatic heterocycles. The van der Waals surface area contributed by atoms with Crippen LogP contribution in [0.15, 0.2) is 85.8 Å². The topological polar surface area (TPSA) is 582 Å². The number of carbonyl (C=O) groups is 17. The summed E-state index contributed by atoms with van der Waals surface area (Å²) in [5, 5.41) is 43.2. The SMILES string of the molecule is C#CCN(CC(=O)N(CCOC)CC(=O)NC(CO)C(=O)NC(C)C(=O)NC(CCC(N)=O)C(=O)NC(CC(C)C)C(=O)NC(CCCNC(=N)N)C(=O)NC(Cc1c[nH]cn1)C(=O)NC(Cc1ccccc1)C(=O)NCC(=O)NC(C)C(=O)OCC)C(=O)CN(CCC)C(=O)CN(CC=C)C(=O)CN(CCOC)C(=O)CN(C(C)=O)C(C)c1ccccc1. The van der Waals surface area contributed by atoms with E-state index in [9.17, 15) is 86.6 Å². The van der Waals surface area contributed by atoms with Crippen molar-refractivity contribution in [3.8, 4) is 12.3 Å². The van der Waals surface area contributed by atoms with Gasteiger partial charge in [0.2, 0.25) is 94.5 Å². The van der Waals surface area contributed by atoms with Crippen LogP contribution in [-0.4, -0.2) is 325 Å². The molecule has 1 aromatic heterocycles. The highest BCUT2D eigenvalue weighted by Crippen LogP contribution is 2.21. The van der Waals surface area contributed by atoms with Crippen molar-refractivity contribution in [2.45, 2.75) is 161 Å². The van der Waals surface area contributed by atoms with Crippen LogP contribution in [0.2, 0.25) is 0 Å². The minimum Gasteiger partial charge on any atom is -0.464 e. The molecular weight excluding hydrogens is 1620 g/mol. The third kappa shape index (κ3) is 38.9. The number of nitrogens with zero attached hydrogens (tertiary/aromatic N) is 7. The molecule has 17 N–H and O–H groups in total. The summed E-state index contributed by atoms with van der Waals surface area (Å²) >= 11 is 0. The summed E-state index contributed by atoms with van der Waals surface area (Å²) in [7, 11) is 2.71. The van der Waals surface area contributed by atoms with Gasteiger partial charge in [-0.05, 0) is 76.8 Å². The average molecular weight is 1740 g/mol.